The molecule has 0 unspecified atom stereocenters. The molecule has 2 heteroatoms. The van der Waals surface area contributed by atoms with Gasteiger partial charge in [0.25, 0.3) is 0 Å². The molecule has 5 aliphatic rings. The van der Waals surface area contributed by atoms with Crippen molar-refractivity contribution in [3.8, 4) is 6.07 Å². The highest BCUT2D eigenvalue weighted by Gasteiger charge is 2.75. The van der Waals surface area contributed by atoms with Gasteiger partial charge in [-0.1, -0.05) is 19.9 Å². The van der Waals surface area contributed by atoms with Crippen molar-refractivity contribution in [2.75, 3.05) is 7.11 Å². The van der Waals surface area contributed by atoms with Crippen molar-refractivity contribution < 1.29 is 4.74 Å². The highest BCUT2D eigenvalue weighted by atomic mass is 16.5. The van der Waals surface area contributed by atoms with E-state index in [0.717, 1.165) is 42.4 Å². The molecule has 0 amide bonds. The second-order valence-electron chi connectivity index (χ2n) is 9.65. The number of ether oxygens (including phenoxy) is 1. The van der Waals surface area contributed by atoms with Crippen LogP contribution in [0.15, 0.2) is 23.5 Å². The largest absolute Gasteiger partial charge is 0.501 e. The summed E-state index contributed by atoms with van der Waals surface area (Å²) in [4.78, 5) is 0. The monoisotopic (exact) mass is 337 g/mol. The van der Waals surface area contributed by atoms with E-state index >= 15 is 0 Å². The summed E-state index contributed by atoms with van der Waals surface area (Å²) in [7, 11) is 1.81. The summed E-state index contributed by atoms with van der Waals surface area (Å²) in [6, 6.07) is 2.88. The van der Waals surface area contributed by atoms with Crippen LogP contribution < -0.4 is 0 Å². The van der Waals surface area contributed by atoms with Gasteiger partial charge in [0.1, 0.15) is 0 Å². The minimum absolute atomic E-state index is 0.0347. The van der Waals surface area contributed by atoms with Gasteiger partial charge in [-0.15, -0.1) is 0 Å². The quantitative estimate of drug-likeness (QED) is 0.669. The predicted octanol–water partition coefficient (Wildman–Crippen LogP) is 5.48. The maximum absolute atomic E-state index is 10.2. The van der Waals surface area contributed by atoms with Crippen LogP contribution in [0.5, 0.6) is 0 Å². The van der Waals surface area contributed by atoms with E-state index in [1.807, 2.05) is 7.11 Å². The van der Waals surface area contributed by atoms with Gasteiger partial charge in [-0.2, -0.15) is 5.26 Å². The summed E-state index contributed by atoms with van der Waals surface area (Å²) >= 11 is 0. The van der Waals surface area contributed by atoms with Crippen LogP contribution >= 0.6 is 0 Å². The van der Waals surface area contributed by atoms with Crippen molar-refractivity contribution in [2.24, 2.45) is 46.3 Å². The SMILES string of the molecule is CC[C@]1(C#N)[C@H]2C[C@H]2[C@H]2[C@@H]3CC=C4C=C(OC)CC[C@@H]4[C@H]3CC[C@@]21C. The average Bonchev–Trinajstić information content (AvgIpc) is 3.38. The number of allylic oxidation sites excluding steroid dienone is 4. The van der Waals surface area contributed by atoms with Crippen LogP contribution in [0.1, 0.15) is 58.8 Å². The molecular formula is C23H31NO. The molecule has 0 aromatic carbocycles. The minimum Gasteiger partial charge on any atom is -0.501 e. The molecular weight excluding hydrogens is 306 g/mol. The number of hydrogen-bond acceptors (Lipinski definition) is 2. The molecule has 3 fully saturated rings. The fraction of sp³-hybridized carbons (Fsp3) is 0.783. The number of hydrogen-bond donors (Lipinski definition) is 0. The van der Waals surface area contributed by atoms with Crippen LogP contribution in [-0.2, 0) is 4.74 Å². The fourth-order valence-corrected chi connectivity index (χ4v) is 8.21. The molecule has 0 aromatic rings. The van der Waals surface area contributed by atoms with E-state index in [4.69, 9.17) is 4.74 Å². The predicted molar refractivity (Wildman–Crippen MR) is 98.3 cm³/mol. The lowest BCUT2D eigenvalue weighted by atomic mass is 9.47. The van der Waals surface area contributed by atoms with Gasteiger partial charge in [-0.25, -0.2) is 0 Å². The highest BCUT2D eigenvalue weighted by Crippen LogP contribution is 2.79. The Morgan fingerprint density at radius 1 is 1.28 bits per heavy atom. The van der Waals surface area contributed by atoms with E-state index in [0.29, 0.717) is 5.92 Å². The van der Waals surface area contributed by atoms with Gasteiger partial charge in [-0.3, -0.25) is 0 Å². The molecule has 0 N–H and O–H groups in total. The first kappa shape index (κ1) is 16.0. The number of nitrogens with zero attached hydrogens (tertiary/aromatic N) is 1. The van der Waals surface area contributed by atoms with E-state index in [1.54, 1.807) is 5.57 Å². The van der Waals surface area contributed by atoms with Crippen molar-refractivity contribution in [1.29, 1.82) is 5.26 Å². The third-order valence-electron chi connectivity index (χ3n) is 9.32. The van der Waals surface area contributed by atoms with E-state index in [1.165, 1.54) is 37.9 Å². The molecule has 0 bridgehead atoms. The molecule has 0 radical (unpaired) electrons. The lowest BCUT2D eigenvalue weighted by molar-refractivity contribution is -0.0543. The number of fused-ring (bicyclic) bond motifs is 7. The molecule has 8 atom stereocenters. The topological polar surface area (TPSA) is 33.0 Å². The van der Waals surface area contributed by atoms with Crippen LogP contribution in [0.4, 0.5) is 0 Å². The van der Waals surface area contributed by atoms with Gasteiger partial charge in [0.15, 0.2) is 0 Å². The average molecular weight is 338 g/mol. The summed E-state index contributed by atoms with van der Waals surface area (Å²) < 4.78 is 5.53. The van der Waals surface area contributed by atoms with Crippen LogP contribution in [0.2, 0.25) is 0 Å². The standard InChI is InChI=1S/C23H31NO/c1-4-23(13-24)20-12-19(20)21-18-7-5-14-11-15(25-3)6-8-16(14)17(18)9-10-22(21,23)2/h5,11,16-21H,4,6-10,12H2,1-3H3/t16-,17+,18+,19+,20-,21+,22-,23-/m0/s1. The summed E-state index contributed by atoms with van der Waals surface area (Å²) in [6.07, 6.45) is 13.5. The zero-order chi connectivity index (χ0) is 17.4. The van der Waals surface area contributed by atoms with Crippen molar-refractivity contribution in [2.45, 2.75) is 58.8 Å². The summed E-state index contributed by atoms with van der Waals surface area (Å²) in [6.45, 7) is 4.77. The first-order valence-corrected chi connectivity index (χ1v) is 10.5. The van der Waals surface area contributed by atoms with Crippen molar-refractivity contribution >= 4 is 0 Å². The number of nitriles is 1. The highest BCUT2D eigenvalue weighted by molar-refractivity contribution is 5.34. The Bertz CT molecular complexity index is 699. The van der Waals surface area contributed by atoms with E-state index in [-0.39, 0.29) is 10.8 Å². The number of methoxy groups -OCH3 is 1. The molecule has 5 rings (SSSR count). The van der Waals surface area contributed by atoms with Gasteiger partial charge >= 0.3 is 0 Å². The minimum atomic E-state index is -0.0347. The fourth-order valence-electron chi connectivity index (χ4n) is 8.21. The van der Waals surface area contributed by atoms with Crippen LogP contribution in [0.25, 0.3) is 0 Å². The van der Waals surface area contributed by atoms with Crippen LogP contribution in [0, 0.1) is 57.7 Å². The molecule has 0 spiro atoms. The van der Waals surface area contributed by atoms with E-state index in [9.17, 15) is 5.26 Å². The second-order valence-corrected chi connectivity index (χ2v) is 9.65. The summed E-state index contributed by atoms with van der Waals surface area (Å²) in [5.41, 5.74) is 1.78. The van der Waals surface area contributed by atoms with Gasteiger partial charge in [0, 0.05) is 6.42 Å². The first-order valence-electron chi connectivity index (χ1n) is 10.5. The molecule has 134 valence electrons. The van der Waals surface area contributed by atoms with Gasteiger partial charge < -0.3 is 4.74 Å². The summed E-state index contributed by atoms with van der Waals surface area (Å²) in [5, 5.41) is 10.2. The van der Waals surface area contributed by atoms with Crippen molar-refractivity contribution in [3.63, 3.8) is 0 Å². The normalized spacial score (nSPS) is 52.6. The lowest BCUT2D eigenvalue weighted by Crippen LogP contribution is -2.50. The maximum Gasteiger partial charge on any atom is 0.0958 e. The first-order chi connectivity index (χ1) is 12.1. The Morgan fingerprint density at radius 2 is 2.12 bits per heavy atom. The summed E-state index contributed by atoms with van der Waals surface area (Å²) in [5.74, 6) is 5.93. The Hall–Kier alpha value is -1.23. The maximum atomic E-state index is 10.2. The van der Waals surface area contributed by atoms with Crippen LogP contribution in [0.3, 0.4) is 0 Å². The number of rotatable bonds is 2. The zero-order valence-electron chi connectivity index (χ0n) is 15.9. The Morgan fingerprint density at radius 3 is 2.84 bits per heavy atom. The molecule has 25 heavy (non-hydrogen) atoms. The van der Waals surface area contributed by atoms with Gasteiger partial charge in [0.05, 0.1) is 24.4 Å². The molecule has 5 aliphatic carbocycles. The third-order valence-corrected chi connectivity index (χ3v) is 9.32. The van der Waals surface area contributed by atoms with E-state index in [2.05, 4.69) is 32.1 Å². The second kappa shape index (κ2) is 5.15. The zero-order valence-corrected chi connectivity index (χ0v) is 15.9. The van der Waals surface area contributed by atoms with Crippen molar-refractivity contribution in [3.05, 3.63) is 23.5 Å². The molecule has 0 heterocycles. The van der Waals surface area contributed by atoms with E-state index < -0.39 is 0 Å². The third kappa shape index (κ3) is 1.80. The molecule has 0 saturated heterocycles. The smallest absolute Gasteiger partial charge is 0.0958 e. The van der Waals surface area contributed by atoms with Gasteiger partial charge in [-0.05, 0) is 91.1 Å². The van der Waals surface area contributed by atoms with Crippen LogP contribution in [-0.4, -0.2) is 7.11 Å². The Balaban J connectivity index is 1.51. The molecule has 3 saturated carbocycles. The molecule has 2 nitrogen and oxygen atoms in total. The molecule has 0 aromatic heterocycles. The molecule has 0 aliphatic heterocycles. The Labute approximate surface area is 152 Å². The van der Waals surface area contributed by atoms with Gasteiger partial charge in [0.2, 0.25) is 0 Å². The lowest BCUT2D eigenvalue weighted by Gasteiger charge is -2.56. The Kier molecular flexibility index (Phi) is 3.29. The van der Waals surface area contributed by atoms with Crippen molar-refractivity contribution in [1.82, 2.24) is 0 Å².